The van der Waals surface area contributed by atoms with E-state index in [1.54, 1.807) is 0 Å². The smallest absolute Gasteiger partial charge is 0.414 e. The van der Waals surface area contributed by atoms with Gasteiger partial charge in [0.2, 0.25) is 5.91 Å². The second-order valence-electron chi connectivity index (χ2n) is 4.68. The Morgan fingerprint density at radius 1 is 1.36 bits per heavy atom. The maximum atomic E-state index is 11.6. The first kappa shape index (κ1) is 11.0. The molecule has 2 atom stereocenters. The molecule has 1 aliphatic rings. The summed E-state index contributed by atoms with van der Waals surface area (Å²) in [5.41, 5.74) is -0.189. The van der Waals surface area contributed by atoms with E-state index in [0.717, 1.165) is 0 Å². The minimum Gasteiger partial charge on any atom is -0.445 e. The molecule has 0 aromatic rings. The quantitative estimate of drug-likeness (QED) is 0.699. The average molecular weight is 199 g/mol. The highest BCUT2D eigenvalue weighted by Crippen LogP contribution is 2.33. The number of hydrogen-bond acceptors (Lipinski definition) is 3. The van der Waals surface area contributed by atoms with Gasteiger partial charge in [-0.3, -0.25) is 10.1 Å². The van der Waals surface area contributed by atoms with Gasteiger partial charge in [-0.2, -0.15) is 0 Å². The molecule has 1 rings (SSSR count). The summed E-state index contributed by atoms with van der Waals surface area (Å²) in [7, 11) is 0. The second-order valence-corrected chi connectivity index (χ2v) is 4.68. The number of carbonyl (C=O) groups is 2. The molecule has 0 spiro atoms. The number of carbonyl (C=O) groups excluding carboxylic acids is 2. The summed E-state index contributed by atoms with van der Waals surface area (Å²) in [5, 5.41) is 2.20. The van der Waals surface area contributed by atoms with E-state index in [9.17, 15) is 9.59 Å². The number of amides is 2. The summed E-state index contributed by atoms with van der Waals surface area (Å²) in [5.74, 6) is -0.481. The highest BCUT2D eigenvalue weighted by atomic mass is 16.6. The lowest BCUT2D eigenvalue weighted by Gasteiger charge is -2.37. The summed E-state index contributed by atoms with van der Waals surface area (Å²) in [6.07, 6.45) is -0.250. The predicted molar refractivity (Wildman–Crippen MR) is 51.6 cm³/mol. The van der Waals surface area contributed by atoms with Gasteiger partial charge in [-0.05, 0) is 11.8 Å². The first-order chi connectivity index (χ1) is 6.36. The molecule has 1 N–H and O–H groups in total. The first-order valence-corrected chi connectivity index (χ1v) is 4.87. The Balaban J connectivity index is 2.90. The minimum absolute atomic E-state index is 0.189. The fraction of sp³-hybridized carbons (Fsp3) is 0.800. The van der Waals surface area contributed by atoms with E-state index >= 15 is 0 Å². The standard InChI is InChI=1S/C10H17NO3/c1-5-6-7(10(2,3)4)8(12)11-9(13)14-6/h6-7H,5H2,1-4H3,(H,11,12,13). The topological polar surface area (TPSA) is 55.4 Å². The lowest BCUT2D eigenvalue weighted by Crippen LogP contribution is -2.53. The van der Waals surface area contributed by atoms with E-state index in [2.05, 4.69) is 5.32 Å². The zero-order valence-corrected chi connectivity index (χ0v) is 9.09. The molecule has 1 fully saturated rings. The maximum absolute atomic E-state index is 11.6. The second kappa shape index (κ2) is 3.59. The van der Waals surface area contributed by atoms with Gasteiger partial charge in [0, 0.05) is 0 Å². The van der Waals surface area contributed by atoms with Crippen LogP contribution in [-0.2, 0) is 9.53 Å². The molecule has 2 amide bonds. The maximum Gasteiger partial charge on any atom is 0.414 e. The predicted octanol–water partition coefficient (Wildman–Crippen LogP) is 1.69. The molecule has 2 unspecified atom stereocenters. The van der Waals surface area contributed by atoms with Crippen molar-refractivity contribution in [3.63, 3.8) is 0 Å². The number of ether oxygens (including phenoxy) is 1. The molecule has 0 saturated carbocycles. The highest BCUT2D eigenvalue weighted by Gasteiger charge is 2.43. The van der Waals surface area contributed by atoms with Crippen molar-refractivity contribution < 1.29 is 14.3 Å². The van der Waals surface area contributed by atoms with Crippen molar-refractivity contribution >= 4 is 12.0 Å². The summed E-state index contributed by atoms with van der Waals surface area (Å²) in [6, 6.07) is 0. The van der Waals surface area contributed by atoms with E-state index < -0.39 is 6.09 Å². The van der Waals surface area contributed by atoms with Crippen LogP contribution < -0.4 is 5.32 Å². The van der Waals surface area contributed by atoms with Gasteiger partial charge in [-0.25, -0.2) is 4.79 Å². The Hall–Kier alpha value is -1.06. The zero-order chi connectivity index (χ0) is 10.9. The molecule has 1 saturated heterocycles. The van der Waals surface area contributed by atoms with Gasteiger partial charge in [0.25, 0.3) is 0 Å². The van der Waals surface area contributed by atoms with E-state index in [0.29, 0.717) is 6.42 Å². The van der Waals surface area contributed by atoms with Gasteiger partial charge in [-0.15, -0.1) is 0 Å². The Morgan fingerprint density at radius 3 is 2.36 bits per heavy atom. The zero-order valence-electron chi connectivity index (χ0n) is 9.09. The van der Waals surface area contributed by atoms with Crippen molar-refractivity contribution in [2.75, 3.05) is 0 Å². The van der Waals surface area contributed by atoms with Crippen LogP contribution in [0.25, 0.3) is 0 Å². The Morgan fingerprint density at radius 2 is 1.93 bits per heavy atom. The number of rotatable bonds is 1. The molecule has 4 nitrogen and oxygen atoms in total. The Bertz CT molecular complexity index is 255. The van der Waals surface area contributed by atoms with E-state index in [4.69, 9.17) is 4.74 Å². The molecule has 1 heterocycles. The van der Waals surface area contributed by atoms with Crippen molar-refractivity contribution in [1.29, 1.82) is 0 Å². The summed E-state index contributed by atoms with van der Waals surface area (Å²) < 4.78 is 5.07. The fourth-order valence-electron chi connectivity index (χ4n) is 1.85. The first-order valence-electron chi connectivity index (χ1n) is 4.87. The van der Waals surface area contributed by atoms with Gasteiger partial charge in [0.15, 0.2) is 0 Å². The van der Waals surface area contributed by atoms with E-state index in [1.807, 2.05) is 27.7 Å². The monoisotopic (exact) mass is 199 g/mol. The number of imide groups is 1. The molecule has 0 aromatic carbocycles. The Kier molecular flexibility index (Phi) is 2.83. The third-order valence-electron chi connectivity index (χ3n) is 2.47. The molecule has 14 heavy (non-hydrogen) atoms. The highest BCUT2D eigenvalue weighted by molar-refractivity contribution is 5.95. The number of hydrogen-bond donors (Lipinski definition) is 1. The third kappa shape index (κ3) is 2.05. The molecule has 1 aliphatic heterocycles. The van der Waals surface area contributed by atoms with Gasteiger partial charge in [-0.1, -0.05) is 27.7 Å². The van der Waals surface area contributed by atoms with Crippen LogP contribution >= 0.6 is 0 Å². The fourth-order valence-corrected chi connectivity index (χ4v) is 1.85. The van der Waals surface area contributed by atoms with Crippen LogP contribution in [0.15, 0.2) is 0 Å². The lowest BCUT2D eigenvalue weighted by molar-refractivity contribution is -0.137. The van der Waals surface area contributed by atoms with Gasteiger partial charge in [0.1, 0.15) is 6.10 Å². The minimum atomic E-state index is -0.623. The van der Waals surface area contributed by atoms with Gasteiger partial charge < -0.3 is 4.74 Å². The lowest BCUT2D eigenvalue weighted by atomic mass is 9.75. The molecular formula is C10H17NO3. The van der Waals surface area contributed by atoms with Crippen molar-refractivity contribution in [3.8, 4) is 0 Å². The summed E-state index contributed by atoms with van der Waals surface area (Å²) in [4.78, 5) is 22.6. The normalized spacial score (nSPS) is 28.3. The molecule has 0 bridgehead atoms. The summed E-state index contributed by atoms with van der Waals surface area (Å²) in [6.45, 7) is 7.83. The average Bonchev–Trinajstić information content (AvgIpc) is 1.99. The van der Waals surface area contributed by atoms with Crippen molar-refractivity contribution in [2.45, 2.75) is 40.2 Å². The van der Waals surface area contributed by atoms with Crippen molar-refractivity contribution in [2.24, 2.45) is 11.3 Å². The van der Waals surface area contributed by atoms with Crippen molar-refractivity contribution in [3.05, 3.63) is 0 Å². The number of nitrogens with one attached hydrogen (secondary N) is 1. The van der Waals surface area contributed by atoms with Crippen molar-refractivity contribution in [1.82, 2.24) is 5.32 Å². The van der Waals surface area contributed by atoms with Gasteiger partial charge >= 0.3 is 6.09 Å². The van der Waals surface area contributed by atoms with Crippen LogP contribution in [-0.4, -0.2) is 18.1 Å². The van der Waals surface area contributed by atoms with Gasteiger partial charge in [0.05, 0.1) is 5.92 Å². The van der Waals surface area contributed by atoms with E-state index in [-0.39, 0.29) is 23.3 Å². The molecule has 80 valence electrons. The largest absolute Gasteiger partial charge is 0.445 e. The molecule has 0 aromatic heterocycles. The molecule has 0 aliphatic carbocycles. The summed E-state index contributed by atoms with van der Waals surface area (Å²) >= 11 is 0. The molecular weight excluding hydrogens is 182 g/mol. The van der Waals surface area contributed by atoms with Crippen LogP contribution in [0.4, 0.5) is 4.79 Å². The number of cyclic esters (lactones) is 1. The van der Waals surface area contributed by atoms with Crippen LogP contribution in [0.1, 0.15) is 34.1 Å². The number of alkyl carbamates (subject to hydrolysis) is 1. The molecule has 0 radical (unpaired) electrons. The SMILES string of the molecule is CCC1OC(=O)NC(=O)C1C(C)(C)C. The van der Waals surface area contributed by atoms with Crippen LogP contribution in [0.3, 0.4) is 0 Å². The molecule has 4 heteroatoms. The van der Waals surface area contributed by atoms with Crippen LogP contribution in [0.2, 0.25) is 0 Å². The van der Waals surface area contributed by atoms with Crippen LogP contribution in [0, 0.1) is 11.3 Å². The Labute approximate surface area is 84.0 Å². The third-order valence-corrected chi connectivity index (χ3v) is 2.47. The van der Waals surface area contributed by atoms with Crippen LogP contribution in [0.5, 0.6) is 0 Å². The van der Waals surface area contributed by atoms with E-state index in [1.165, 1.54) is 0 Å².